The Labute approximate surface area is 275 Å². The smallest absolute Gasteiger partial charge is 0.291 e. The van der Waals surface area contributed by atoms with Gasteiger partial charge in [-0.2, -0.15) is 5.10 Å². The molecule has 4 heterocycles. The van der Waals surface area contributed by atoms with Gasteiger partial charge >= 0.3 is 0 Å². The summed E-state index contributed by atoms with van der Waals surface area (Å²) in [4.78, 5) is 78.3. The van der Waals surface area contributed by atoms with Crippen molar-refractivity contribution in [2.75, 3.05) is 27.8 Å². The van der Waals surface area contributed by atoms with Crippen LogP contribution >= 0.6 is 15.9 Å². The fourth-order valence-electron chi connectivity index (χ4n) is 4.33. The number of carbonyl (C=O) groups is 6. The minimum Gasteiger partial charge on any atom is -0.370 e. The van der Waals surface area contributed by atoms with Gasteiger partial charge in [-0.3, -0.25) is 33.4 Å². The van der Waals surface area contributed by atoms with E-state index in [0.29, 0.717) is 11.4 Å². The molecule has 0 saturated carbocycles. The van der Waals surface area contributed by atoms with Crippen LogP contribution in [0.5, 0.6) is 0 Å². The second-order valence-corrected chi connectivity index (χ2v) is 11.2. The lowest BCUT2D eigenvalue weighted by Crippen LogP contribution is -2.29. The fourth-order valence-corrected chi connectivity index (χ4v) is 4.43. The van der Waals surface area contributed by atoms with Crippen LogP contribution in [0.25, 0.3) is 0 Å². The Balaban J connectivity index is 1.38. The summed E-state index contributed by atoms with van der Waals surface area (Å²) in [5, 5.41) is 17.1. The first-order valence-electron chi connectivity index (χ1n) is 13.7. The minimum atomic E-state index is -0.610. The lowest BCUT2D eigenvalue weighted by atomic mass is 10.3. The van der Waals surface area contributed by atoms with Crippen LogP contribution in [-0.4, -0.2) is 70.5 Å². The molecule has 0 spiro atoms. The second kappa shape index (κ2) is 14.0. The zero-order valence-corrected chi connectivity index (χ0v) is 27.3. The topological polar surface area (TPSA) is 234 Å². The summed E-state index contributed by atoms with van der Waals surface area (Å²) >= 11 is 2.97. The number of carbonyl (C=O) groups excluding carboxylic acids is 6. The molecule has 47 heavy (non-hydrogen) atoms. The summed E-state index contributed by atoms with van der Waals surface area (Å²) < 4.78 is 5.80. The van der Waals surface area contributed by atoms with E-state index in [2.05, 4.69) is 59.2 Å². The van der Waals surface area contributed by atoms with Crippen molar-refractivity contribution in [2.45, 2.75) is 6.42 Å². The highest BCUT2D eigenvalue weighted by atomic mass is 79.9. The summed E-state index contributed by atoms with van der Waals surface area (Å²) in [6.45, 7) is 3.56. The molecule has 0 radical (unpaired) electrons. The zero-order valence-electron chi connectivity index (χ0n) is 25.7. The van der Waals surface area contributed by atoms with E-state index in [1.807, 2.05) is 0 Å². The number of hydrogen-bond acceptors (Lipinski definition) is 8. The molecular weight excluding hydrogens is 680 g/mol. The number of amides is 6. The maximum absolute atomic E-state index is 13.1. The number of halogens is 1. The number of aromatic nitrogens is 6. The van der Waals surface area contributed by atoms with Crippen LogP contribution in [0.2, 0.25) is 0 Å². The quantitative estimate of drug-likeness (QED) is 0.116. The SMILES string of the molecule is C=C(Br)C(=O)Nc1cc(C(=O)Nc2cn(C)c(C(=O)Nc3cc(C(=O)Nc4cc(C(=O)NCCC(N)=O)n(C)c4)n(C)c3)n2)n(C)n1. The van der Waals surface area contributed by atoms with E-state index in [0.717, 1.165) is 0 Å². The molecule has 0 aliphatic carbocycles. The molecule has 0 aromatic carbocycles. The van der Waals surface area contributed by atoms with Crippen LogP contribution in [0, 0.1) is 0 Å². The summed E-state index contributed by atoms with van der Waals surface area (Å²) in [5.41, 5.74) is 6.32. The molecule has 0 atom stereocenters. The number of rotatable bonds is 12. The van der Waals surface area contributed by atoms with Gasteiger partial charge in [0.25, 0.3) is 29.5 Å². The highest BCUT2D eigenvalue weighted by Gasteiger charge is 2.21. The summed E-state index contributed by atoms with van der Waals surface area (Å²) in [5.74, 6) is -3.02. The lowest BCUT2D eigenvalue weighted by Gasteiger charge is -2.04. The van der Waals surface area contributed by atoms with E-state index in [9.17, 15) is 28.8 Å². The molecule has 4 rings (SSSR count). The van der Waals surface area contributed by atoms with Crippen molar-refractivity contribution < 1.29 is 28.8 Å². The van der Waals surface area contributed by atoms with Crippen LogP contribution in [0.1, 0.15) is 48.5 Å². The van der Waals surface area contributed by atoms with E-state index in [1.54, 1.807) is 27.3 Å². The van der Waals surface area contributed by atoms with Gasteiger partial charge in [0.15, 0.2) is 11.6 Å². The number of nitrogens with zero attached hydrogens (tertiary/aromatic N) is 6. The summed E-state index contributed by atoms with van der Waals surface area (Å²) in [7, 11) is 6.33. The molecule has 19 heteroatoms. The van der Waals surface area contributed by atoms with E-state index >= 15 is 0 Å². The zero-order chi connectivity index (χ0) is 34.6. The van der Waals surface area contributed by atoms with Crippen LogP contribution in [-0.2, 0) is 37.8 Å². The second-order valence-electron chi connectivity index (χ2n) is 10.2. The normalized spacial score (nSPS) is 10.7. The number of primary amides is 1. The Morgan fingerprint density at radius 1 is 0.745 bits per heavy atom. The van der Waals surface area contributed by atoms with Crippen molar-refractivity contribution in [1.82, 2.24) is 33.8 Å². The predicted octanol–water partition coefficient (Wildman–Crippen LogP) is 1.04. The molecule has 0 aliphatic rings. The molecule has 0 unspecified atom stereocenters. The van der Waals surface area contributed by atoms with Crippen molar-refractivity contribution in [3.05, 3.63) is 70.8 Å². The molecule has 0 fully saturated rings. The molecule has 0 saturated heterocycles. The van der Waals surface area contributed by atoms with Gasteiger partial charge in [-0.25, -0.2) is 4.98 Å². The Morgan fingerprint density at radius 3 is 1.91 bits per heavy atom. The van der Waals surface area contributed by atoms with Crippen molar-refractivity contribution in [2.24, 2.45) is 33.9 Å². The van der Waals surface area contributed by atoms with Crippen molar-refractivity contribution in [3.63, 3.8) is 0 Å². The third-order valence-corrected chi connectivity index (χ3v) is 6.93. The van der Waals surface area contributed by atoms with Gasteiger partial charge < -0.3 is 46.0 Å². The third-order valence-electron chi connectivity index (χ3n) is 6.57. The first-order chi connectivity index (χ1) is 22.1. The van der Waals surface area contributed by atoms with Crippen LogP contribution in [0.15, 0.2) is 47.9 Å². The third kappa shape index (κ3) is 8.19. The molecule has 7 N–H and O–H groups in total. The van der Waals surface area contributed by atoms with E-state index in [-0.39, 0.29) is 52.0 Å². The predicted molar refractivity (Wildman–Crippen MR) is 174 cm³/mol. The Hall–Kier alpha value is -5.98. The van der Waals surface area contributed by atoms with Crippen LogP contribution < -0.4 is 32.3 Å². The van der Waals surface area contributed by atoms with Crippen molar-refractivity contribution >= 4 is 74.4 Å². The maximum Gasteiger partial charge on any atom is 0.291 e. The molecule has 4 aromatic heterocycles. The number of imidazole rings is 1. The number of hydrogen-bond donors (Lipinski definition) is 6. The van der Waals surface area contributed by atoms with E-state index in [4.69, 9.17) is 5.73 Å². The number of nitrogens with two attached hydrogens (primary N) is 1. The van der Waals surface area contributed by atoms with Crippen molar-refractivity contribution in [3.8, 4) is 0 Å². The number of anilines is 4. The van der Waals surface area contributed by atoms with Gasteiger partial charge in [-0.1, -0.05) is 6.58 Å². The van der Waals surface area contributed by atoms with Gasteiger partial charge in [-0.05, 0) is 28.1 Å². The summed E-state index contributed by atoms with van der Waals surface area (Å²) in [6, 6.07) is 4.31. The highest BCUT2D eigenvalue weighted by Crippen LogP contribution is 2.19. The maximum atomic E-state index is 13.1. The standard InChI is InChI=1S/C28H31BrN12O6/c1-14(29)24(43)35-21-10-19(41(5)37-21)27(46)36-22-13-40(4)23(34-22)28(47)33-16-9-18(39(3)12-16)26(45)32-15-8-17(38(2)11-15)25(44)31-7-6-20(30)42/h8-13H,1,6-7H2,2-5H3,(H2,30,42)(H,31,44)(H,32,45)(H,33,47)(H,36,46)(H,35,37,43). The van der Waals surface area contributed by atoms with Gasteiger partial charge in [0, 0.05) is 65.8 Å². The first-order valence-corrected chi connectivity index (χ1v) is 14.5. The number of nitrogens with one attached hydrogen (secondary N) is 5. The number of aryl methyl sites for hydroxylation is 4. The molecule has 18 nitrogen and oxygen atoms in total. The minimum absolute atomic E-state index is 0.00463. The largest absolute Gasteiger partial charge is 0.370 e. The van der Waals surface area contributed by atoms with E-state index < -0.39 is 35.4 Å². The molecule has 0 bridgehead atoms. The lowest BCUT2D eigenvalue weighted by molar-refractivity contribution is -0.118. The Bertz CT molecular complexity index is 1930. The monoisotopic (exact) mass is 710 g/mol. The van der Waals surface area contributed by atoms with Gasteiger partial charge in [-0.15, -0.1) is 0 Å². The Kier molecular flexibility index (Phi) is 10.1. The summed E-state index contributed by atoms with van der Waals surface area (Å²) in [6.07, 6.45) is 4.52. The molecule has 6 amide bonds. The molecule has 0 aliphatic heterocycles. The average Bonchev–Trinajstić information content (AvgIpc) is 3.73. The van der Waals surface area contributed by atoms with Gasteiger partial charge in [0.05, 0.1) is 15.9 Å². The van der Waals surface area contributed by atoms with Gasteiger partial charge in [0.2, 0.25) is 11.7 Å². The molecule has 4 aromatic rings. The first kappa shape index (κ1) is 33.9. The molecular formula is C28H31BrN12O6. The van der Waals surface area contributed by atoms with Crippen molar-refractivity contribution in [1.29, 1.82) is 0 Å². The Morgan fingerprint density at radius 2 is 1.32 bits per heavy atom. The highest BCUT2D eigenvalue weighted by molar-refractivity contribution is 9.12. The molecule has 246 valence electrons. The van der Waals surface area contributed by atoms with Crippen LogP contribution in [0.4, 0.5) is 23.0 Å². The fraction of sp³-hybridized carbons (Fsp3) is 0.214. The van der Waals surface area contributed by atoms with E-state index in [1.165, 1.54) is 56.0 Å². The average molecular weight is 712 g/mol. The van der Waals surface area contributed by atoms with Crippen LogP contribution in [0.3, 0.4) is 0 Å². The van der Waals surface area contributed by atoms with Gasteiger partial charge in [0.1, 0.15) is 17.1 Å².